The highest BCUT2D eigenvalue weighted by atomic mass is 79.9. The van der Waals surface area contributed by atoms with Crippen molar-refractivity contribution >= 4 is 39.2 Å². The van der Waals surface area contributed by atoms with Gasteiger partial charge in [0.2, 0.25) is 0 Å². The number of hydrazine groups is 1. The van der Waals surface area contributed by atoms with Crippen LogP contribution in [-0.4, -0.2) is 18.1 Å². The van der Waals surface area contributed by atoms with E-state index in [1.54, 1.807) is 25.3 Å². The van der Waals surface area contributed by atoms with Gasteiger partial charge >= 0.3 is 0 Å². The van der Waals surface area contributed by atoms with Crippen LogP contribution in [0.4, 0.5) is 0 Å². The summed E-state index contributed by atoms with van der Waals surface area (Å²) in [6.07, 6.45) is 0. The molecular weight excluding hydrogens is 294 g/mol. The maximum Gasteiger partial charge on any atom is 0.269 e. The highest BCUT2D eigenvalue weighted by Crippen LogP contribution is 2.25. The van der Waals surface area contributed by atoms with Gasteiger partial charge in [0.1, 0.15) is 5.75 Å². The molecule has 0 spiro atoms. The molecule has 4 N–H and O–H groups in total. The summed E-state index contributed by atoms with van der Waals surface area (Å²) in [6.45, 7) is 0. The van der Waals surface area contributed by atoms with Crippen LogP contribution in [0.15, 0.2) is 22.7 Å². The average molecular weight is 304 g/mol. The van der Waals surface area contributed by atoms with Crippen molar-refractivity contribution in [1.82, 2.24) is 10.9 Å². The lowest BCUT2D eigenvalue weighted by Crippen LogP contribution is -2.44. The number of nitrogens with one attached hydrogen (secondary N) is 2. The quantitative estimate of drug-likeness (QED) is 0.560. The Kier molecular flexibility index (Phi) is 4.51. The standard InChI is InChI=1S/C9H10BrN3O2S/c1-15-7-3-2-5(4-6(7)10)8(14)12-13-9(11)16/h2-4H,1H3,(H,12,14)(H3,11,13,16). The molecule has 1 rings (SSSR count). The van der Waals surface area contributed by atoms with E-state index in [9.17, 15) is 4.79 Å². The summed E-state index contributed by atoms with van der Waals surface area (Å²) in [6, 6.07) is 4.94. The predicted molar refractivity (Wildman–Crippen MR) is 68.1 cm³/mol. The molecule has 0 saturated heterocycles. The van der Waals surface area contributed by atoms with Gasteiger partial charge in [-0.05, 0) is 46.3 Å². The van der Waals surface area contributed by atoms with E-state index in [1.165, 1.54) is 0 Å². The molecule has 0 fully saturated rings. The molecule has 0 heterocycles. The first-order chi connectivity index (χ1) is 7.54. The summed E-state index contributed by atoms with van der Waals surface area (Å²) in [4.78, 5) is 11.6. The minimum absolute atomic E-state index is 0.000859. The summed E-state index contributed by atoms with van der Waals surface area (Å²) in [5.41, 5.74) is 10.3. The van der Waals surface area contributed by atoms with Crippen LogP contribution < -0.4 is 21.3 Å². The van der Waals surface area contributed by atoms with Gasteiger partial charge in [0, 0.05) is 5.56 Å². The molecule has 0 aliphatic carbocycles. The number of methoxy groups -OCH3 is 1. The zero-order valence-corrected chi connectivity index (χ0v) is 10.8. The summed E-state index contributed by atoms with van der Waals surface area (Å²) >= 11 is 7.83. The van der Waals surface area contributed by atoms with Crippen LogP contribution in [0.1, 0.15) is 10.4 Å². The highest BCUT2D eigenvalue weighted by Gasteiger charge is 2.08. The van der Waals surface area contributed by atoms with Gasteiger partial charge in [-0.25, -0.2) is 0 Å². The molecule has 16 heavy (non-hydrogen) atoms. The van der Waals surface area contributed by atoms with Crippen LogP contribution in [0.3, 0.4) is 0 Å². The van der Waals surface area contributed by atoms with Gasteiger partial charge in [0.25, 0.3) is 5.91 Å². The number of carbonyl (C=O) groups excluding carboxylic acids is 1. The van der Waals surface area contributed by atoms with Gasteiger partial charge in [-0.1, -0.05) is 0 Å². The van der Waals surface area contributed by atoms with Gasteiger partial charge in [-0.3, -0.25) is 15.6 Å². The molecule has 0 aliphatic heterocycles. The first kappa shape index (κ1) is 12.7. The summed E-state index contributed by atoms with van der Waals surface area (Å²) < 4.78 is 5.74. The molecule has 0 bridgehead atoms. The smallest absolute Gasteiger partial charge is 0.269 e. The third-order valence-electron chi connectivity index (χ3n) is 1.71. The zero-order valence-electron chi connectivity index (χ0n) is 8.41. The fourth-order valence-electron chi connectivity index (χ4n) is 0.998. The van der Waals surface area contributed by atoms with Crippen molar-refractivity contribution < 1.29 is 9.53 Å². The Balaban J connectivity index is 2.77. The Labute approximate surface area is 106 Å². The van der Waals surface area contributed by atoms with E-state index in [0.717, 1.165) is 0 Å². The van der Waals surface area contributed by atoms with Crippen LogP contribution in [0, 0.1) is 0 Å². The summed E-state index contributed by atoms with van der Waals surface area (Å²) in [5, 5.41) is 0.000859. The van der Waals surface area contributed by atoms with Crippen molar-refractivity contribution in [3.63, 3.8) is 0 Å². The summed E-state index contributed by atoms with van der Waals surface area (Å²) in [7, 11) is 1.55. The lowest BCUT2D eigenvalue weighted by Gasteiger charge is -2.08. The normalized spacial score (nSPS) is 9.38. The van der Waals surface area contributed by atoms with Gasteiger partial charge < -0.3 is 10.5 Å². The minimum atomic E-state index is -0.337. The number of ether oxygens (including phenoxy) is 1. The number of rotatable bonds is 2. The van der Waals surface area contributed by atoms with Crippen molar-refractivity contribution in [2.45, 2.75) is 0 Å². The molecule has 5 nitrogen and oxygen atoms in total. The lowest BCUT2D eigenvalue weighted by atomic mass is 10.2. The van der Waals surface area contributed by atoms with Crippen molar-refractivity contribution in [1.29, 1.82) is 0 Å². The van der Waals surface area contributed by atoms with Crippen LogP contribution >= 0.6 is 28.1 Å². The number of carbonyl (C=O) groups is 1. The van der Waals surface area contributed by atoms with Crippen LogP contribution in [-0.2, 0) is 0 Å². The number of amides is 1. The maximum atomic E-state index is 11.6. The van der Waals surface area contributed by atoms with Crippen molar-refractivity contribution in [3.8, 4) is 5.75 Å². The molecule has 0 saturated carbocycles. The Morgan fingerprint density at radius 1 is 1.50 bits per heavy atom. The van der Waals surface area contributed by atoms with Gasteiger partial charge in [-0.15, -0.1) is 0 Å². The van der Waals surface area contributed by atoms with E-state index in [-0.39, 0.29) is 11.0 Å². The molecule has 0 radical (unpaired) electrons. The van der Waals surface area contributed by atoms with Crippen molar-refractivity contribution in [2.75, 3.05) is 7.11 Å². The topological polar surface area (TPSA) is 76.4 Å². The van der Waals surface area contributed by atoms with E-state index in [0.29, 0.717) is 15.8 Å². The Morgan fingerprint density at radius 3 is 2.69 bits per heavy atom. The second kappa shape index (κ2) is 5.66. The Hall–Kier alpha value is -1.34. The Bertz CT molecular complexity index is 425. The Morgan fingerprint density at radius 2 is 2.19 bits per heavy atom. The van der Waals surface area contributed by atoms with Crippen molar-refractivity contribution in [3.05, 3.63) is 28.2 Å². The average Bonchev–Trinajstić information content (AvgIpc) is 2.25. The molecule has 0 aromatic heterocycles. The minimum Gasteiger partial charge on any atom is -0.496 e. The predicted octanol–water partition coefficient (Wildman–Crippen LogP) is 0.936. The van der Waals surface area contributed by atoms with Gasteiger partial charge in [0.15, 0.2) is 5.11 Å². The number of benzene rings is 1. The SMILES string of the molecule is COc1ccc(C(=O)NNC(N)=S)cc1Br. The second-order valence-corrected chi connectivity index (χ2v) is 4.09. The second-order valence-electron chi connectivity index (χ2n) is 2.79. The van der Waals surface area contributed by atoms with E-state index in [2.05, 4.69) is 39.0 Å². The van der Waals surface area contributed by atoms with Crippen LogP contribution in [0.5, 0.6) is 5.75 Å². The molecule has 0 aliphatic rings. The zero-order chi connectivity index (χ0) is 12.1. The number of hydrogen-bond donors (Lipinski definition) is 3. The van der Waals surface area contributed by atoms with Crippen molar-refractivity contribution in [2.24, 2.45) is 5.73 Å². The number of halogens is 1. The molecule has 86 valence electrons. The largest absolute Gasteiger partial charge is 0.496 e. The highest BCUT2D eigenvalue weighted by molar-refractivity contribution is 9.10. The third-order valence-corrected chi connectivity index (χ3v) is 2.43. The molecular formula is C9H10BrN3O2S. The summed E-state index contributed by atoms with van der Waals surface area (Å²) in [5.74, 6) is 0.315. The molecule has 0 atom stereocenters. The maximum absolute atomic E-state index is 11.6. The molecule has 0 unspecified atom stereocenters. The first-order valence-electron chi connectivity index (χ1n) is 4.24. The molecule has 7 heteroatoms. The van der Waals surface area contributed by atoms with E-state index in [1.807, 2.05) is 0 Å². The fraction of sp³-hybridized carbons (Fsp3) is 0.111. The van der Waals surface area contributed by atoms with Crippen LogP contribution in [0.25, 0.3) is 0 Å². The molecule has 1 aromatic carbocycles. The molecule has 1 aromatic rings. The fourth-order valence-corrected chi connectivity index (χ4v) is 1.59. The molecule has 1 amide bonds. The van der Waals surface area contributed by atoms with E-state index >= 15 is 0 Å². The van der Waals surface area contributed by atoms with E-state index in [4.69, 9.17) is 10.5 Å². The first-order valence-corrected chi connectivity index (χ1v) is 5.44. The van der Waals surface area contributed by atoms with Crippen LogP contribution in [0.2, 0.25) is 0 Å². The lowest BCUT2D eigenvalue weighted by molar-refractivity contribution is 0.0944. The number of nitrogens with two attached hydrogens (primary N) is 1. The number of hydrogen-bond acceptors (Lipinski definition) is 3. The monoisotopic (exact) mass is 303 g/mol. The van der Waals surface area contributed by atoms with Gasteiger partial charge in [-0.2, -0.15) is 0 Å². The van der Waals surface area contributed by atoms with E-state index < -0.39 is 0 Å². The van der Waals surface area contributed by atoms with Gasteiger partial charge in [0.05, 0.1) is 11.6 Å². The number of thiocarbonyl (C=S) groups is 1. The third kappa shape index (κ3) is 3.35.